The summed E-state index contributed by atoms with van der Waals surface area (Å²) in [5.74, 6) is 1.23. The Morgan fingerprint density at radius 1 is 1.14 bits per heavy atom. The molecule has 0 aliphatic rings. The Kier molecular flexibility index (Phi) is 2.65. The Morgan fingerprint density at radius 2 is 1.93 bits per heavy atom. The van der Waals surface area contributed by atoms with Crippen LogP contribution in [-0.4, -0.2) is 4.98 Å². The Bertz CT molecular complexity index is 399. The molecular formula is C11H7ClNO. The molecule has 0 aliphatic carbocycles. The zero-order valence-electron chi connectivity index (χ0n) is 7.27. The monoisotopic (exact) mass is 204 g/mol. The van der Waals surface area contributed by atoms with Crippen LogP contribution in [0.2, 0.25) is 5.02 Å². The number of nitrogens with zero attached hydrogens (tertiary/aromatic N) is 1. The molecule has 69 valence electrons. The number of pyridine rings is 1. The van der Waals surface area contributed by atoms with E-state index in [1.54, 1.807) is 36.4 Å². The molecule has 3 heteroatoms. The number of halogens is 1. The molecular weight excluding hydrogens is 198 g/mol. The maximum Gasteiger partial charge on any atom is 0.219 e. The minimum Gasteiger partial charge on any atom is -0.439 e. The van der Waals surface area contributed by atoms with Gasteiger partial charge in [0.15, 0.2) is 0 Å². The maximum atomic E-state index is 5.74. The molecule has 0 atom stereocenters. The molecule has 0 bridgehead atoms. The first-order valence-corrected chi connectivity index (χ1v) is 4.49. The van der Waals surface area contributed by atoms with Crippen molar-refractivity contribution in [3.63, 3.8) is 0 Å². The molecule has 0 saturated heterocycles. The molecule has 0 fully saturated rings. The SMILES string of the molecule is Clc1ccc(Oc2ccc[c]n2)cc1. The van der Waals surface area contributed by atoms with E-state index in [0.29, 0.717) is 16.7 Å². The third kappa shape index (κ3) is 2.24. The van der Waals surface area contributed by atoms with Crippen molar-refractivity contribution in [1.29, 1.82) is 0 Å². The topological polar surface area (TPSA) is 22.1 Å². The standard InChI is InChI=1S/C11H7ClNO/c12-9-4-6-10(7-5-9)14-11-3-1-2-8-13-11/h1-7H. The van der Waals surface area contributed by atoms with Crippen LogP contribution < -0.4 is 4.74 Å². The predicted molar refractivity (Wildman–Crippen MR) is 54.6 cm³/mol. The molecule has 0 amide bonds. The van der Waals surface area contributed by atoms with Crippen LogP contribution in [0.15, 0.2) is 42.5 Å². The van der Waals surface area contributed by atoms with Crippen molar-refractivity contribution < 1.29 is 4.74 Å². The highest BCUT2D eigenvalue weighted by atomic mass is 35.5. The number of benzene rings is 1. The van der Waals surface area contributed by atoms with E-state index in [4.69, 9.17) is 16.3 Å². The van der Waals surface area contributed by atoms with Gasteiger partial charge < -0.3 is 4.74 Å². The second kappa shape index (κ2) is 4.11. The minimum absolute atomic E-state index is 0.523. The van der Waals surface area contributed by atoms with Crippen molar-refractivity contribution in [1.82, 2.24) is 4.98 Å². The molecule has 2 rings (SSSR count). The fourth-order valence-electron chi connectivity index (χ4n) is 0.992. The van der Waals surface area contributed by atoms with E-state index in [-0.39, 0.29) is 0 Å². The van der Waals surface area contributed by atoms with Gasteiger partial charge in [-0.25, -0.2) is 4.98 Å². The van der Waals surface area contributed by atoms with Gasteiger partial charge in [0.2, 0.25) is 5.88 Å². The third-order valence-electron chi connectivity index (χ3n) is 1.62. The van der Waals surface area contributed by atoms with Gasteiger partial charge in [0.25, 0.3) is 0 Å². The van der Waals surface area contributed by atoms with Crippen LogP contribution >= 0.6 is 11.6 Å². The highest BCUT2D eigenvalue weighted by Crippen LogP contribution is 2.20. The van der Waals surface area contributed by atoms with Crippen LogP contribution in [0.5, 0.6) is 11.6 Å². The van der Waals surface area contributed by atoms with Crippen LogP contribution in [0.3, 0.4) is 0 Å². The lowest BCUT2D eigenvalue weighted by molar-refractivity contribution is 0.462. The molecule has 0 unspecified atom stereocenters. The quantitative estimate of drug-likeness (QED) is 0.749. The molecule has 1 heterocycles. The van der Waals surface area contributed by atoms with E-state index < -0.39 is 0 Å². The van der Waals surface area contributed by atoms with E-state index in [1.807, 2.05) is 6.07 Å². The molecule has 1 radical (unpaired) electrons. The number of rotatable bonds is 2. The Hall–Kier alpha value is -1.54. The van der Waals surface area contributed by atoms with E-state index in [2.05, 4.69) is 11.2 Å². The largest absolute Gasteiger partial charge is 0.439 e. The predicted octanol–water partition coefficient (Wildman–Crippen LogP) is 3.33. The molecule has 0 saturated carbocycles. The lowest BCUT2D eigenvalue weighted by Gasteiger charge is -2.02. The first kappa shape index (κ1) is 9.03. The summed E-state index contributed by atoms with van der Waals surface area (Å²) >= 11 is 5.74. The summed E-state index contributed by atoms with van der Waals surface area (Å²) in [5, 5.41) is 0.685. The molecule has 0 N–H and O–H groups in total. The van der Waals surface area contributed by atoms with Crippen LogP contribution in [0.25, 0.3) is 0 Å². The summed E-state index contributed by atoms with van der Waals surface area (Å²) < 4.78 is 5.43. The molecule has 0 spiro atoms. The molecule has 14 heavy (non-hydrogen) atoms. The zero-order valence-corrected chi connectivity index (χ0v) is 8.03. The van der Waals surface area contributed by atoms with Gasteiger partial charge in [0.05, 0.1) is 6.20 Å². The fraction of sp³-hybridized carbons (Fsp3) is 0. The van der Waals surface area contributed by atoms with Gasteiger partial charge >= 0.3 is 0 Å². The summed E-state index contributed by atoms with van der Waals surface area (Å²) in [6.07, 6.45) is 2.69. The van der Waals surface area contributed by atoms with Crippen LogP contribution in [0.1, 0.15) is 0 Å². The lowest BCUT2D eigenvalue weighted by atomic mass is 10.3. The summed E-state index contributed by atoms with van der Waals surface area (Å²) in [6, 6.07) is 12.4. The molecule has 2 aromatic rings. The van der Waals surface area contributed by atoms with E-state index in [1.165, 1.54) is 0 Å². The summed E-state index contributed by atoms with van der Waals surface area (Å²) in [5.41, 5.74) is 0. The van der Waals surface area contributed by atoms with Crippen LogP contribution in [0, 0.1) is 6.20 Å². The summed E-state index contributed by atoms with van der Waals surface area (Å²) in [7, 11) is 0. The summed E-state index contributed by atoms with van der Waals surface area (Å²) in [6.45, 7) is 0. The Balaban J connectivity index is 2.16. The number of aromatic nitrogens is 1. The lowest BCUT2D eigenvalue weighted by Crippen LogP contribution is -1.85. The molecule has 1 aromatic heterocycles. The van der Waals surface area contributed by atoms with Gasteiger partial charge in [-0.1, -0.05) is 17.7 Å². The van der Waals surface area contributed by atoms with Crippen molar-refractivity contribution in [2.24, 2.45) is 0 Å². The first-order chi connectivity index (χ1) is 6.84. The van der Waals surface area contributed by atoms with Crippen LogP contribution in [-0.2, 0) is 0 Å². The van der Waals surface area contributed by atoms with Crippen molar-refractivity contribution in [3.05, 3.63) is 53.7 Å². The van der Waals surface area contributed by atoms with Gasteiger partial charge in [-0.3, -0.25) is 0 Å². The normalized spacial score (nSPS) is 9.79. The van der Waals surface area contributed by atoms with Crippen LogP contribution in [0.4, 0.5) is 0 Å². The van der Waals surface area contributed by atoms with Crippen molar-refractivity contribution in [2.45, 2.75) is 0 Å². The van der Waals surface area contributed by atoms with Gasteiger partial charge in [-0.2, -0.15) is 0 Å². The van der Waals surface area contributed by atoms with Crippen molar-refractivity contribution in [2.75, 3.05) is 0 Å². The van der Waals surface area contributed by atoms with Gasteiger partial charge in [-0.15, -0.1) is 0 Å². The highest BCUT2D eigenvalue weighted by Gasteiger charge is 1.96. The smallest absolute Gasteiger partial charge is 0.219 e. The average Bonchev–Trinajstić information content (AvgIpc) is 2.23. The summed E-state index contributed by atoms with van der Waals surface area (Å²) in [4.78, 5) is 3.92. The Morgan fingerprint density at radius 3 is 2.57 bits per heavy atom. The average molecular weight is 205 g/mol. The highest BCUT2D eigenvalue weighted by molar-refractivity contribution is 6.30. The molecule has 0 aliphatic heterocycles. The number of hydrogen-bond donors (Lipinski definition) is 0. The second-order valence-corrected chi connectivity index (χ2v) is 3.10. The first-order valence-electron chi connectivity index (χ1n) is 4.11. The van der Waals surface area contributed by atoms with Gasteiger partial charge in [-0.05, 0) is 30.3 Å². The van der Waals surface area contributed by atoms with Gasteiger partial charge in [0, 0.05) is 11.1 Å². The Labute approximate surface area is 87.1 Å². The number of ether oxygens (including phenoxy) is 1. The molecule has 2 nitrogen and oxygen atoms in total. The third-order valence-corrected chi connectivity index (χ3v) is 1.87. The number of hydrogen-bond acceptors (Lipinski definition) is 2. The fourth-order valence-corrected chi connectivity index (χ4v) is 1.12. The minimum atomic E-state index is 0.523. The van der Waals surface area contributed by atoms with E-state index >= 15 is 0 Å². The van der Waals surface area contributed by atoms with E-state index in [9.17, 15) is 0 Å². The molecule has 1 aromatic carbocycles. The van der Waals surface area contributed by atoms with Crippen molar-refractivity contribution in [3.8, 4) is 11.6 Å². The van der Waals surface area contributed by atoms with Crippen molar-refractivity contribution >= 4 is 11.6 Å². The van der Waals surface area contributed by atoms with E-state index in [0.717, 1.165) is 0 Å². The van der Waals surface area contributed by atoms with Gasteiger partial charge in [0.1, 0.15) is 5.75 Å². The zero-order chi connectivity index (χ0) is 9.80. The second-order valence-electron chi connectivity index (χ2n) is 2.66. The maximum absolute atomic E-state index is 5.74.